The molecule has 0 unspecified atom stereocenters. The summed E-state index contributed by atoms with van der Waals surface area (Å²) in [5.74, 6) is 0.0493. The predicted octanol–water partition coefficient (Wildman–Crippen LogP) is 2.07. The van der Waals surface area contributed by atoms with Gasteiger partial charge in [0.05, 0.1) is 0 Å². The Kier molecular flexibility index (Phi) is 1.99. The van der Waals surface area contributed by atoms with Crippen molar-refractivity contribution >= 4 is 16.8 Å². The van der Waals surface area contributed by atoms with Gasteiger partial charge in [-0.15, -0.1) is 0 Å². The molecule has 1 fully saturated rings. The Morgan fingerprint density at radius 2 is 2.19 bits per heavy atom. The second-order valence-electron chi connectivity index (χ2n) is 4.45. The van der Waals surface area contributed by atoms with Crippen LogP contribution in [0, 0.1) is 0 Å². The van der Waals surface area contributed by atoms with E-state index in [2.05, 4.69) is 9.88 Å². The topological polar surface area (TPSA) is 34.0 Å². The minimum atomic E-state index is 0.0493. The van der Waals surface area contributed by atoms with Crippen LogP contribution in [-0.2, 0) is 7.05 Å². The van der Waals surface area contributed by atoms with Gasteiger partial charge in [0.15, 0.2) is 0 Å². The van der Waals surface area contributed by atoms with Gasteiger partial charge in [-0.05, 0) is 37.1 Å². The Labute approximate surface area is 94.1 Å². The lowest BCUT2D eigenvalue weighted by molar-refractivity contribution is 0.0951. The highest BCUT2D eigenvalue weighted by Gasteiger charge is 2.23. The highest BCUT2D eigenvalue weighted by Crippen LogP contribution is 2.21. The molecular weight excluding hydrogens is 200 g/mol. The Morgan fingerprint density at radius 1 is 1.38 bits per heavy atom. The lowest BCUT2D eigenvalue weighted by Crippen LogP contribution is -2.25. The Hall–Kier alpha value is -1.77. The molecule has 0 saturated heterocycles. The van der Waals surface area contributed by atoms with Gasteiger partial charge in [0, 0.05) is 35.8 Å². The molecule has 0 radical (unpaired) electrons. The third-order valence-corrected chi connectivity index (χ3v) is 3.06. The quantitative estimate of drug-likeness (QED) is 0.815. The van der Waals surface area contributed by atoms with Gasteiger partial charge in [0.25, 0.3) is 5.91 Å². The van der Waals surface area contributed by atoms with E-state index in [4.69, 9.17) is 0 Å². The average molecular weight is 214 g/mol. The number of nitrogens with one attached hydrogen (secondary N) is 1. The van der Waals surface area contributed by atoms with Crippen LogP contribution in [0.4, 0.5) is 0 Å². The number of aromatic nitrogens is 1. The molecule has 3 heteroatoms. The molecule has 0 spiro atoms. The van der Waals surface area contributed by atoms with Gasteiger partial charge in [0.2, 0.25) is 0 Å². The van der Waals surface area contributed by atoms with Gasteiger partial charge >= 0.3 is 0 Å². The van der Waals surface area contributed by atoms with Gasteiger partial charge in [-0.1, -0.05) is 0 Å². The summed E-state index contributed by atoms with van der Waals surface area (Å²) < 4.78 is 2.05. The summed E-state index contributed by atoms with van der Waals surface area (Å²) in [7, 11) is 2.01. The summed E-state index contributed by atoms with van der Waals surface area (Å²) >= 11 is 0. The van der Waals surface area contributed by atoms with Crippen LogP contribution in [0.3, 0.4) is 0 Å². The standard InChI is InChI=1S/C13H14N2O/c1-15-7-6-9-8-10(2-5-12(9)15)13(16)14-11-3-4-11/h2,5-8,11H,3-4H2,1H3,(H,14,16). The van der Waals surface area contributed by atoms with E-state index in [0.717, 1.165) is 29.3 Å². The SMILES string of the molecule is Cn1ccc2cc(C(=O)NC3CC3)ccc21. The zero-order chi connectivity index (χ0) is 11.1. The van der Waals surface area contributed by atoms with Gasteiger partial charge < -0.3 is 9.88 Å². The molecule has 1 amide bonds. The van der Waals surface area contributed by atoms with E-state index in [9.17, 15) is 4.79 Å². The normalized spacial score (nSPS) is 15.3. The molecule has 1 aliphatic rings. The van der Waals surface area contributed by atoms with Crippen molar-refractivity contribution in [3.05, 3.63) is 36.0 Å². The fourth-order valence-electron chi connectivity index (χ4n) is 1.92. The molecule has 1 aromatic carbocycles. The smallest absolute Gasteiger partial charge is 0.251 e. The number of nitrogens with zero attached hydrogens (tertiary/aromatic N) is 1. The zero-order valence-electron chi connectivity index (χ0n) is 9.23. The van der Waals surface area contributed by atoms with Crippen LogP contribution in [0.5, 0.6) is 0 Å². The Balaban J connectivity index is 1.94. The average Bonchev–Trinajstić information content (AvgIpc) is 3.02. The maximum Gasteiger partial charge on any atom is 0.251 e. The lowest BCUT2D eigenvalue weighted by atomic mass is 10.1. The summed E-state index contributed by atoms with van der Waals surface area (Å²) in [6, 6.07) is 8.28. The number of amides is 1. The number of carbonyl (C=O) groups excluding carboxylic acids is 1. The monoisotopic (exact) mass is 214 g/mol. The Morgan fingerprint density at radius 3 is 2.94 bits per heavy atom. The van der Waals surface area contributed by atoms with Crippen LogP contribution in [-0.4, -0.2) is 16.5 Å². The van der Waals surface area contributed by atoms with Crippen molar-refractivity contribution in [2.24, 2.45) is 7.05 Å². The molecular formula is C13H14N2O. The number of hydrogen-bond acceptors (Lipinski definition) is 1. The summed E-state index contributed by atoms with van der Waals surface area (Å²) in [6.07, 6.45) is 4.26. The third-order valence-electron chi connectivity index (χ3n) is 3.06. The van der Waals surface area contributed by atoms with Crippen molar-refractivity contribution in [1.29, 1.82) is 0 Å². The zero-order valence-corrected chi connectivity index (χ0v) is 9.23. The first-order valence-electron chi connectivity index (χ1n) is 5.60. The molecule has 1 aliphatic carbocycles. The van der Waals surface area contributed by atoms with E-state index in [-0.39, 0.29) is 5.91 Å². The molecule has 0 bridgehead atoms. The summed E-state index contributed by atoms with van der Waals surface area (Å²) in [6.45, 7) is 0. The fourth-order valence-corrected chi connectivity index (χ4v) is 1.92. The fraction of sp³-hybridized carbons (Fsp3) is 0.308. The van der Waals surface area contributed by atoms with E-state index < -0.39 is 0 Å². The summed E-state index contributed by atoms with van der Waals surface area (Å²) in [4.78, 5) is 11.8. The molecule has 1 aromatic heterocycles. The van der Waals surface area contributed by atoms with E-state index in [0.29, 0.717) is 6.04 Å². The van der Waals surface area contributed by atoms with Crippen molar-refractivity contribution in [3.8, 4) is 0 Å². The van der Waals surface area contributed by atoms with E-state index in [1.165, 1.54) is 0 Å². The van der Waals surface area contributed by atoms with Gasteiger partial charge in [-0.2, -0.15) is 0 Å². The van der Waals surface area contributed by atoms with Crippen molar-refractivity contribution in [2.75, 3.05) is 0 Å². The minimum Gasteiger partial charge on any atom is -0.351 e. The highest BCUT2D eigenvalue weighted by atomic mass is 16.1. The van der Waals surface area contributed by atoms with E-state index in [1.807, 2.05) is 37.5 Å². The molecule has 0 atom stereocenters. The number of benzene rings is 1. The number of carbonyl (C=O) groups is 1. The van der Waals surface area contributed by atoms with Gasteiger partial charge in [-0.25, -0.2) is 0 Å². The molecule has 1 heterocycles. The number of aryl methyl sites for hydroxylation is 1. The molecule has 82 valence electrons. The van der Waals surface area contributed by atoms with Gasteiger partial charge in [0.1, 0.15) is 0 Å². The van der Waals surface area contributed by atoms with Gasteiger partial charge in [-0.3, -0.25) is 4.79 Å². The van der Waals surface area contributed by atoms with Crippen LogP contribution in [0.1, 0.15) is 23.2 Å². The van der Waals surface area contributed by atoms with Crippen LogP contribution >= 0.6 is 0 Å². The van der Waals surface area contributed by atoms with E-state index in [1.54, 1.807) is 0 Å². The molecule has 16 heavy (non-hydrogen) atoms. The molecule has 1 saturated carbocycles. The minimum absolute atomic E-state index is 0.0493. The maximum absolute atomic E-state index is 11.8. The van der Waals surface area contributed by atoms with Crippen molar-refractivity contribution < 1.29 is 4.79 Å². The van der Waals surface area contributed by atoms with Crippen molar-refractivity contribution in [2.45, 2.75) is 18.9 Å². The lowest BCUT2D eigenvalue weighted by Gasteiger charge is -2.03. The first-order chi connectivity index (χ1) is 7.74. The second kappa shape index (κ2) is 3.37. The first-order valence-corrected chi connectivity index (χ1v) is 5.60. The number of fused-ring (bicyclic) bond motifs is 1. The van der Waals surface area contributed by atoms with Crippen LogP contribution in [0.2, 0.25) is 0 Å². The third kappa shape index (κ3) is 1.58. The maximum atomic E-state index is 11.8. The molecule has 2 aromatic rings. The van der Waals surface area contributed by atoms with Crippen LogP contribution < -0.4 is 5.32 Å². The molecule has 0 aliphatic heterocycles. The largest absolute Gasteiger partial charge is 0.351 e. The molecule has 3 nitrogen and oxygen atoms in total. The van der Waals surface area contributed by atoms with E-state index >= 15 is 0 Å². The predicted molar refractivity (Wildman–Crippen MR) is 63.4 cm³/mol. The second-order valence-corrected chi connectivity index (χ2v) is 4.45. The van der Waals surface area contributed by atoms with Crippen molar-refractivity contribution in [1.82, 2.24) is 9.88 Å². The Bertz CT molecular complexity index is 552. The first kappa shape index (κ1) is 9.46. The summed E-state index contributed by atoms with van der Waals surface area (Å²) in [5.41, 5.74) is 1.91. The summed E-state index contributed by atoms with van der Waals surface area (Å²) in [5, 5.41) is 4.11. The van der Waals surface area contributed by atoms with Crippen LogP contribution in [0.15, 0.2) is 30.5 Å². The highest BCUT2D eigenvalue weighted by molar-refractivity contribution is 5.98. The molecule has 1 N–H and O–H groups in total. The number of hydrogen-bond donors (Lipinski definition) is 1. The van der Waals surface area contributed by atoms with Crippen LogP contribution in [0.25, 0.3) is 10.9 Å². The van der Waals surface area contributed by atoms with Crippen molar-refractivity contribution in [3.63, 3.8) is 0 Å². The molecule has 3 rings (SSSR count). The number of rotatable bonds is 2.